The molecule has 1 unspecified atom stereocenters. The van der Waals surface area contributed by atoms with E-state index in [9.17, 15) is 4.79 Å². The molecule has 1 atom stereocenters. The Labute approximate surface area is 163 Å². The van der Waals surface area contributed by atoms with Crippen molar-refractivity contribution < 1.29 is 14.6 Å². The van der Waals surface area contributed by atoms with Gasteiger partial charge in [0.2, 0.25) is 0 Å². The highest BCUT2D eigenvalue weighted by Gasteiger charge is 2.25. The largest absolute Gasteiger partial charge is 0.491 e. The summed E-state index contributed by atoms with van der Waals surface area (Å²) in [7, 11) is 0. The number of anilines is 1. The summed E-state index contributed by atoms with van der Waals surface area (Å²) in [6.07, 6.45) is 9.71. The minimum atomic E-state index is -0.875. The van der Waals surface area contributed by atoms with Crippen LogP contribution in [0.5, 0.6) is 5.75 Å². The van der Waals surface area contributed by atoms with Gasteiger partial charge in [-0.1, -0.05) is 37.1 Å². The third kappa shape index (κ3) is 4.57. The Kier molecular flexibility index (Phi) is 6.54. The van der Waals surface area contributed by atoms with Crippen molar-refractivity contribution in [1.29, 1.82) is 0 Å². The van der Waals surface area contributed by atoms with Crippen molar-refractivity contribution in [2.75, 3.05) is 23.8 Å². The molecule has 0 radical (unpaired) electrons. The maximum absolute atomic E-state index is 10.7. The van der Waals surface area contributed by atoms with E-state index in [2.05, 4.69) is 30.1 Å². The minimum Gasteiger partial charge on any atom is -0.491 e. The number of allylic oxidation sites excluding steroid dienone is 4. The summed E-state index contributed by atoms with van der Waals surface area (Å²) in [6, 6.07) is 3.94. The number of carboxylic acids is 1. The molecule has 140 valence electrons. The van der Waals surface area contributed by atoms with E-state index in [1.54, 1.807) is 0 Å². The maximum Gasteiger partial charge on any atom is 0.306 e. The molecule has 0 saturated heterocycles. The van der Waals surface area contributed by atoms with E-state index in [1.165, 1.54) is 5.70 Å². The van der Waals surface area contributed by atoms with Gasteiger partial charge in [0, 0.05) is 22.9 Å². The van der Waals surface area contributed by atoms with Crippen molar-refractivity contribution in [2.45, 2.75) is 37.5 Å². The summed E-state index contributed by atoms with van der Waals surface area (Å²) in [5, 5.41) is 9.32. The summed E-state index contributed by atoms with van der Waals surface area (Å²) >= 11 is 8.29. The van der Waals surface area contributed by atoms with Gasteiger partial charge in [-0.15, -0.1) is 11.8 Å². The first-order valence-corrected chi connectivity index (χ1v) is 10.4. The minimum absolute atomic E-state index is 0.0379. The molecule has 1 aliphatic carbocycles. The molecule has 0 bridgehead atoms. The first-order chi connectivity index (χ1) is 12.6. The quantitative estimate of drug-likeness (QED) is 0.704. The van der Waals surface area contributed by atoms with E-state index in [1.807, 2.05) is 23.9 Å². The van der Waals surface area contributed by atoms with E-state index < -0.39 is 5.97 Å². The Morgan fingerprint density at radius 3 is 3.00 bits per heavy atom. The first-order valence-electron chi connectivity index (χ1n) is 9.02. The number of benzene rings is 1. The lowest BCUT2D eigenvalue weighted by Crippen LogP contribution is -2.29. The number of carbonyl (C=O) groups is 1. The first kappa shape index (κ1) is 19.2. The fourth-order valence-corrected chi connectivity index (χ4v) is 4.64. The van der Waals surface area contributed by atoms with Crippen molar-refractivity contribution in [3.05, 3.63) is 41.1 Å². The molecule has 3 rings (SSSR count). The Hall–Kier alpha value is -1.59. The molecule has 1 aromatic carbocycles. The molecule has 1 heterocycles. The van der Waals surface area contributed by atoms with Crippen LogP contribution in [-0.4, -0.2) is 30.0 Å². The lowest BCUT2D eigenvalue weighted by molar-refractivity contribution is -0.137. The molecule has 0 amide bonds. The summed E-state index contributed by atoms with van der Waals surface area (Å²) in [4.78, 5) is 14.3. The van der Waals surface area contributed by atoms with Crippen LogP contribution in [0.4, 0.5) is 5.69 Å². The van der Waals surface area contributed by atoms with E-state index >= 15 is 0 Å². The van der Waals surface area contributed by atoms with Crippen LogP contribution in [-0.2, 0) is 4.79 Å². The lowest BCUT2D eigenvalue weighted by atomic mass is 10.0. The Bertz CT molecular complexity index is 732. The second kappa shape index (κ2) is 8.87. The average Bonchev–Trinajstić information content (AvgIpc) is 2.81. The molecule has 26 heavy (non-hydrogen) atoms. The Balaban J connectivity index is 1.91. The average molecular weight is 394 g/mol. The molecule has 2 aliphatic rings. The second-order valence-electron chi connectivity index (χ2n) is 6.56. The number of rotatable bonds is 6. The van der Waals surface area contributed by atoms with Crippen molar-refractivity contribution in [1.82, 2.24) is 0 Å². The van der Waals surface area contributed by atoms with E-state index in [0.29, 0.717) is 16.7 Å². The maximum atomic E-state index is 10.7. The number of nitrogens with zero attached hydrogens (tertiary/aromatic N) is 1. The number of hydrogen-bond donors (Lipinski definition) is 1. The Morgan fingerprint density at radius 1 is 1.46 bits per heavy atom. The molecular weight excluding hydrogens is 370 g/mol. The van der Waals surface area contributed by atoms with Crippen LogP contribution in [0.3, 0.4) is 0 Å². The van der Waals surface area contributed by atoms with Gasteiger partial charge in [-0.3, -0.25) is 4.79 Å². The van der Waals surface area contributed by atoms with Gasteiger partial charge in [-0.25, -0.2) is 0 Å². The van der Waals surface area contributed by atoms with Crippen LogP contribution < -0.4 is 9.64 Å². The van der Waals surface area contributed by atoms with E-state index in [4.69, 9.17) is 21.4 Å². The second-order valence-corrected chi connectivity index (χ2v) is 8.03. The van der Waals surface area contributed by atoms with Crippen LogP contribution in [0.2, 0.25) is 5.02 Å². The smallest absolute Gasteiger partial charge is 0.306 e. The number of ether oxygens (including phenoxy) is 1. The zero-order chi connectivity index (χ0) is 18.5. The molecule has 0 aromatic heterocycles. The molecule has 0 saturated carbocycles. The number of fused-ring (bicyclic) bond motifs is 1. The molecule has 1 aliphatic heterocycles. The van der Waals surface area contributed by atoms with Crippen molar-refractivity contribution in [3.63, 3.8) is 0 Å². The summed E-state index contributed by atoms with van der Waals surface area (Å²) in [6.45, 7) is 3.35. The van der Waals surface area contributed by atoms with Gasteiger partial charge >= 0.3 is 5.97 Å². The monoisotopic (exact) mass is 393 g/mol. The molecule has 6 heteroatoms. The van der Waals surface area contributed by atoms with Gasteiger partial charge in [0.25, 0.3) is 0 Å². The third-order valence-electron chi connectivity index (χ3n) is 4.71. The lowest BCUT2D eigenvalue weighted by Gasteiger charge is -2.30. The predicted molar refractivity (Wildman–Crippen MR) is 108 cm³/mol. The van der Waals surface area contributed by atoms with Crippen molar-refractivity contribution in [3.8, 4) is 5.75 Å². The van der Waals surface area contributed by atoms with E-state index in [0.717, 1.165) is 42.1 Å². The highest BCUT2D eigenvalue weighted by atomic mass is 35.5. The molecule has 4 nitrogen and oxygen atoms in total. The standard InChI is InChI=1S/C20H24ClNO3S/c1-2-14-12-22(15-6-4-3-5-7-15)17-10-16(21)18(11-19(17)26-13-14)25-9-8-20(23)24/h3-4,6,10-11,14H,2,5,7-9,12-13H2,1H3,(H,23,24). The van der Waals surface area contributed by atoms with Crippen molar-refractivity contribution in [2.24, 2.45) is 5.92 Å². The van der Waals surface area contributed by atoms with Crippen LogP contribution in [0, 0.1) is 5.92 Å². The predicted octanol–water partition coefficient (Wildman–Crippen LogP) is 5.37. The highest BCUT2D eigenvalue weighted by Crippen LogP contribution is 2.44. The van der Waals surface area contributed by atoms with E-state index in [-0.39, 0.29) is 13.0 Å². The zero-order valence-electron chi connectivity index (χ0n) is 14.9. The van der Waals surface area contributed by atoms with Crippen molar-refractivity contribution >= 4 is 35.0 Å². The van der Waals surface area contributed by atoms with Gasteiger partial charge in [-0.05, 0) is 37.0 Å². The highest BCUT2D eigenvalue weighted by molar-refractivity contribution is 7.99. The van der Waals surface area contributed by atoms with Gasteiger partial charge in [0.15, 0.2) is 0 Å². The third-order valence-corrected chi connectivity index (χ3v) is 6.28. The zero-order valence-corrected chi connectivity index (χ0v) is 16.5. The number of aliphatic carboxylic acids is 1. The van der Waals surface area contributed by atoms with Gasteiger partial charge in [0.05, 0.1) is 23.7 Å². The summed E-state index contributed by atoms with van der Waals surface area (Å²) < 4.78 is 5.62. The summed E-state index contributed by atoms with van der Waals surface area (Å²) in [5.41, 5.74) is 2.45. The SMILES string of the molecule is CCC1CSc2cc(OCCC(=O)O)c(Cl)cc2N(C2=CC=CCC2)C1. The van der Waals surface area contributed by atoms with Crippen LogP contribution >= 0.6 is 23.4 Å². The molecular formula is C20H24ClNO3S. The molecule has 0 fully saturated rings. The van der Waals surface area contributed by atoms with Gasteiger partial charge < -0.3 is 14.7 Å². The Morgan fingerprint density at radius 2 is 2.31 bits per heavy atom. The number of carboxylic acid groups (broad SMARTS) is 1. The summed E-state index contributed by atoms with van der Waals surface area (Å²) in [5.74, 6) is 1.35. The number of thioether (sulfide) groups is 1. The molecule has 1 N–H and O–H groups in total. The molecule has 0 spiro atoms. The fourth-order valence-electron chi connectivity index (χ4n) is 3.16. The topological polar surface area (TPSA) is 49.8 Å². The number of hydrogen-bond acceptors (Lipinski definition) is 4. The van der Waals surface area contributed by atoms with Crippen LogP contribution in [0.15, 0.2) is 41.0 Å². The van der Waals surface area contributed by atoms with Gasteiger partial charge in [0.1, 0.15) is 5.75 Å². The van der Waals surface area contributed by atoms with Gasteiger partial charge in [-0.2, -0.15) is 0 Å². The number of halogens is 1. The molecule has 1 aromatic rings. The fraction of sp³-hybridized carbons (Fsp3) is 0.450. The van der Waals surface area contributed by atoms with Crippen LogP contribution in [0.1, 0.15) is 32.6 Å². The van der Waals surface area contributed by atoms with Crippen LogP contribution in [0.25, 0.3) is 0 Å². The normalized spacial score (nSPS) is 19.5.